The molecule has 1 fully saturated rings. The predicted octanol–water partition coefficient (Wildman–Crippen LogP) is 4.13. The van der Waals surface area contributed by atoms with Crippen molar-refractivity contribution >= 4 is 11.7 Å². The molecule has 4 heterocycles. The maximum atomic E-state index is 13.0. The number of amides is 1. The van der Waals surface area contributed by atoms with Crippen LogP contribution >= 0.6 is 0 Å². The Hall–Kier alpha value is -3.06. The fourth-order valence-corrected chi connectivity index (χ4v) is 4.99. The highest BCUT2D eigenvalue weighted by Crippen LogP contribution is 2.35. The molecule has 0 saturated carbocycles. The van der Waals surface area contributed by atoms with Gasteiger partial charge in [-0.25, -0.2) is 9.97 Å². The lowest BCUT2D eigenvalue weighted by Crippen LogP contribution is -2.37. The zero-order valence-electron chi connectivity index (χ0n) is 19.8. The van der Waals surface area contributed by atoms with E-state index in [0.29, 0.717) is 13.0 Å². The van der Waals surface area contributed by atoms with Crippen molar-refractivity contribution in [2.45, 2.75) is 72.1 Å². The Morgan fingerprint density at radius 2 is 1.85 bits per heavy atom. The number of hydrogen-bond donors (Lipinski definition) is 0. The predicted molar refractivity (Wildman–Crippen MR) is 128 cm³/mol. The summed E-state index contributed by atoms with van der Waals surface area (Å²) in [5.41, 5.74) is 5.67. The fourth-order valence-electron chi connectivity index (χ4n) is 4.99. The van der Waals surface area contributed by atoms with Crippen molar-refractivity contribution in [3.05, 3.63) is 70.4 Å². The molecule has 7 nitrogen and oxygen atoms in total. The third-order valence-electron chi connectivity index (χ3n) is 6.87. The van der Waals surface area contributed by atoms with Gasteiger partial charge in [0.25, 0.3) is 0 Å². The number of anilines is 1. The number of carbonyl (C=O) groups is 1. The minimum absolute atomic E-state index is 0.141. The van der Waals surface area contributed by atoms with Crippen LogP contribution in [0.2, 0.25) is 0 Å². The summed E-state index contributed by atoms with van der Waals surface area (Å²) < 4.78 is 1.97. The first-order chi connectivity index (χ1) is 16.0. The maximum Gasteiger partial charge on any atom is 0.228 e. The van der Waals surface area contributed by atoms with Crippen LogP contribution in [-0.2, 0) is 30.8 Å². The smallest absolute Gasteiger partial charge is 0.228 e. The molecule has 1 unspecified atom stereocenters. The highest BCUT2D eigenvalue weighted by molar-refractivity contribution is 5.95. The van der Waals surface area contributed by atoms with Crippen LogP contribution < -0.4 is 4.90 Å². The molecule has 2 aliphatic rings. The number of fused-ring (bicyclic) bond motifs is 1. The molecule has 1 atom stereocenters. The van der Waals surface area contributed by atoms with Crippen LogP contribution in [0.15, 0.2) is 36.7 Å². The van der Waals surface area contributed by atoms with Crippen molar-refractivity contribution in [1.29, 1.82) is 0 Å². The van der Waals surface area contributed by atoms with E-state index in [-0.39, 0.29) is 11.9 Å². The van der Waals surface area contributed by atoms with Crippen molar-refractivity contribution in [2.24, 2.45) is 0 Å². The summed E-state index contributed by atoms with van der Waals surface area (Å²) in [5, 5.41) is 4.42. The van der Waals surface area contributed by atoms with Crippen molar-refractivity contribution < 1.29 is 4.79 Å². The Morgan fingerprint density at radius 1 is 1.03 bits per heavy atom. The number of carbonyl (C=O) groups excluding carboxylic acids is 1. The summed E-state index contributed by atoms with van der Waals surface area (Å²) in [6.07, 6.45) is 7.47. The lowest BCUT2D eigenvalue weighted by atomic mass is 10.0. The molecule has 1 aromatic carbocycles. The lowest BCUT2D eigenvalue weighted by molar-refractivity contribution is -0.119. The number of benzene rings is 1. The van der Waals surface area contributed by atoms with Crippen LogP contribution in [0.25, 0.3) is 0 Å². The Labute approximate surface area is 195 Å². The first-order valence-corrected chi connectivity index (χ1v) is 12.0. The quantitative estimate of drug-likeness (QED) is 0.572. The molecule has 0 radical (unpaired) electrons. The van der Waals surface area contributed by atoms with E-state index in [1.54, 1.807) is 0 Å². The Bertz CT molecular complexity index is 1150. The second-order valence-electron chi connectivity index (χ2n) is 9.27. The zero-order valence-corrected chi connectivity index (χ0v) is 19.8. The van der Waals surface area contributed by atoms with E-state index >= 15 is 0 Å². The minimum atomic E-state index is 0.141. The molecule has 2 aromatic heterocycles. The van der Waals surface area contributed by atoms with Gasteiger partial charge in [-0.05, 0) is 52.1 Å². The summed E-state index contributed by atoms with van der Waals surface area (Å²) in [6.45, 7) is 9.53. The summed E-state index contributed by atoms with van der Waals surface area (Å²) in [4.78, 5) is 27.3. The van der Waals surface area contributed by atoms with Crippen molar-refractivity contribution in [3.8, 4) is 0 Å². The van der Waals surface area contributed by atoms with Gasteiger partial charge in [-0.2, -0.15) is 5.10 Å². The second-order valence-corrected chi connectivity index (χ2v) is 9.27. The minimum Gasteiger partial charge on any atom is -0.292 e. The topological polar surface area (TPSA) is 67.2 Å². The molecule has 2 aliphatic heterocycles. The number of aryl methyl sites for hydroxylation is 3. The van der Waals surface area contributed by atoms with E-state index in [1.807, 2.05) is 15.8 Å². The molecule has 0 bridgehead atoms. The molecule has 0 N–H and O–H groups in total. The molecule has 1 saturated heterocycles. The average molecular weight is 445 g/mol. The zero-order chi connectivity index (χ0) is 22.9. The summed E-state index contributed by atoms with van der Waals surface area (Å²) >= 11 is 0. The summed E-state index contributed by atoms with van der Waals surface area (Å²) in [5.74, 6) is 1.79. The molecule has 1 amide bonds. The molecule has 5 rings (SSSR count). The average Bonchev–Trinajstić information content (AvgIpc) is 3.46. The maximum absolute atomic E-state index is 13.0. The Kier molecular flexibility index (Phi) is 5.98. The van der Waals surface area contributed by atoms with Crippen LogP contribution in [0.3, 0.4) is 0 Å². The fraction of sp³-hybridized carbons (Fsp3) is 0.462. The highest BCUT2D eigenvalue weighted by atomic mass is 16.2. The van der Waals surface area contributed by atoms with Crippen LogP contribution in [0.4, 0.5) is 5.82 Å². The number of likely N-dealkylation sites (tertiary alicyclic amines) is 1. The molecule has 3 aromatic rings. The van der Waals surface area contributed by atoms with E-state index in [2.05, 4.69) is 61.2 Å². The van der Waals surface area contributed by atoms with Gasteiger partial charge in [0.2, 0.25) is 5.91 Å². The SMILES string of the molecule is CCn1cc(CN2CCCC2c2nc(C)c3c(n2)N(Cc2ccc(C)cc2)C(=O)CC3)cn1. The molecule has 0 spiro atoms. The van der Waals surface area contributed by atoms with E-state index in [1.165, 1.54) is 11.1 Å². The van der Waals surface area contributed by atoms with Gasteiger partial charge < -0.3 is 0 Å². The van der Waals surface area contributed by atoms with Gasteiger partial charge in [0.15, 0.2) is 0 Å². The Morgan fingerprint density at radius 3 is 2.61 bits per heavy atom. The van der Waals surface area contributed by atoms with E-state index in [4.69, 9.17) is 9.97 Å². The molecule has 0 aliphatic carbocycles. The van der Waals surface area contributed by atoms with Gasteiger partial charge >= 0.3 is 0 Å². The van der Waals surface area contributed by atoms with Crippen LogP contribution in [0.5, 0.6) is 0 Å². The van der Waals surface area contributed by atoms with E-state index in [0.717, 1.165) is 67.4 Å². The standard InChI is InChI=1S/C26H32N6O/c1-4-31-16-21(14-27-31)15-30-13-5-6-23(30)25-28-19(3)22-11-12-24(33)32(26(22)29-25)17-20-9-7-18(2)8-10-20/h7-10,14,16,23H,4-6,11-13,15,17H2,1-3H3. The van der Waals surface area contributed by atoms with Gasteiger partial charge in [-0.1, -0.05) is 29.8 Å². The first kappa shape index (κ1) is 21.8. The molecular weight excluding hydrogens is 412 g/mol. The number of rotatable bonds is 6. The van der Waals surface area contributed by atoms with Crippen LogP contribution in [0.1, 0.15) is 66.0 Å². The monoisotopic (exact) mass is 444 g/mol. The summed E-state index contributed by atoms with van der Waals surface area (Å²) in [6, 6.07) is 8.55. The molecule has 33 heavy (non-hydrogen) atoms. The third kappa shape index (κ3) is 4.42. The molecule has 172 valence electrons. The normalized spacial score (nSPS) is 18.7. The largest absolute Gasteiger partial charge is 0.292 e. The van der Waals surface area contributed by atoms with Crippen molar-refractivity contribution in [2.75, 3.05) is 11.4 Å². The lowest BCUT2D eigenvalue weighted by Gasteiger charge is -2.31. The van der Waals surface area contributed by atoms with Crippen LogP contribution in [-0.4, -0.2) is 37.1 Å². The Balaban J connectivity index is 1.44. The van der Waals surface area contributed by atoms with Gasteiger partial charge in [0.1, 0.15) is 11.6 Å². The van der Waals surface area contributed by atoms with Gasteiger partial charge in [0, 0.05) is 42.5 Å². The van der Waals surface area contributed by atoms with Gasteiger partial charge in [0.05, 0.1) is 18.8 Å². The summed E-state index contributed by atoms with van der Waals surface area (Å²) in [7, 11) is 0. The second kappa shape index (κ2) is 9.06. The van der Waals surface area contributed by atoms with Gasteiger partial charge in [-0.15, -0.1) is 0 Å². The number of hydrogen-bond acceptors (Lipinski definition) is 5. The number of nitrogens with zero attached hydrogens (tertiary/aromatic N) is 6. The number of aromatic nitrogens is 4. The first-order valence-electron chi connectivity index (χ1n) is 12.0. The van der Waals surface area contributed by atoms with Gasteiger partial charge in [-0.3, -0.25) is 19.3 Å². The third-order valence-corrected chi connectivity index (χ3v) is 6.87. The van der Waals surface area contributed by atoms with Crippen molar-refractivity contribution in [3.63, 3.8) is 0 Å². The molecule has 7 heteroatoms. The highest BCUT2D eigenvalue weighted by Gasteiger charge is 2.33. The van der Waals surface area contributed by atoms with E-state index in [9.17, 15) is 4.79 Å². The van der Waals surface area contributed by atoms with Crippen molar-refractivity contribution in [1.82, 2.24) is 24.6 Å². The van der Waals surface area contributed by atoms with Crippen LogP contribution in [0, 0.1) is 13.8 Å². The molecular formula is C26H32N6O. The van der Waals surface area contributed by atoms with E-state index < -0.39 is 0 Å².